The van der Waals surface area contributed by atoms with Crippen molar-refractivity contribution >= 4 is 21.6 Å². The van der Waals surface area contributed by atoms with Crippen molar-refractivity contribution in [3.05, 3.63) is 89.0 Å². The van der Waals surface area contributed by atoms with Crippen LogP contribution in [0.5, 0.6) is 5.75 Å². The van der Waals surface area contributed by atoms with Gasteiger partial charge in [-0.25, -0.2) is 8.42 Å². The van der Waals surface area contributed by atoms with E-state index in [9.17, 15) is 13.2 Å². The number of rotatable bonds is 5. The van der Waals surface area contributed by atoms with Crippen molar-refractivity contribution in [1.82, 2.24) is 4.31 Å². The first-order chi connectivity index (χ1) is 16.5. The lowest BCUT2D eigenvalue weighted by Gasteiger charge is -2.35. The molecule has 1 amide bonds. The molecule has 0 spiro atoms. The highest BCUT2D eigenvalue weighted by atomic mass is 32.2. The molecule has 0 fully saturated rings. The Morgan fingerprint density at radius 1 is 0.912 bits per heavy atom. The second kappa shape index (κ2) is 9.24. The third-order valence-electron chi connectivity index (χ3n) is 6.83. The molecule has 1 aliphatic heterocycles. The molecule has 3 aromatic rings. The number of hydrogen-bond donors (Lipinski definition) is 1. The molecular weight excluding hydrogens is 448 g/mol. The minimum atomic E-state index is -3.92. The summed E-state index contributed by atoms with van der Waals surface area (Å²) in [6.45, 7) is 0.148. The summed E-state index contributed by atoms with van der Waals surface area (Å²) in [4.78, 5) is 13.8. The number of ether oxygens (including phenoxy) is 1. The molecule has 1 unspecified atom stereocenters. The highest BCUT2D eigenvalue weighted by Gasteiger charge is 2.39. The van der Waals surface area contributed by atoms with E-state index < -0.39 is 16.1 Å². The van der Waals surface area contributed by atoms with Crippen LogP contribution >= 0.6 is 0 Å². The molecule has 3 aromatic carbocycles. The van der Waals surface area contributed by atoms with Gasteiger partial charge >= 0.3 is 0 Å². The van der Waals surface area contributed by atoms with Crippen molar-refractivity contribution < 1.29 is 17.9 Å². The van der Waals surface area contributed by atoms with Crippen LogP contribution < -0.4 is 10.1 Å². The molecule has 1 N–H and O–H groups in total. The first-order valence-electron chi connectivity index (χ1n) is 11.6. The number of anilines is 1. The van der Waals surface area contributed by atoms with Crippen LogP contribution in [-0.4, -0.2) is 31.8 Å². The Bertz CT molecular complexity index is 1320. The van der Waals surface area contributed by atoms with Gasteiger partial charge in [-0.15, -0.1) is 0 Å². The molecule has 1 heterocycles. The van der Waals surface area contributed by atoms with E-state index in [1.165, 1.54) is 34.7 Å². The Balaban J connectivity index is 1.50. The first-order valence-corrected chi connectivity index (χ1v) is 13.1. The molecule has 0 bridgehead atoms. The molecule has 1 aliphatic carbocycles. The third kappa shape index (κ3) is 4.21. The quantitative estimate of drug-likeness (QED) is 0.595. The van der Waals surface area contributed by atoms with Crippen LogP contribution in [0.3, 0.4) is 0 Å². The number of methoxy groups -OCH3 is 1. The molecule has 0 saturated carbocycles. The third-order valence-corrected chi connectivity index (χ3v) is 8.70. The van der Waals surface area contributed by atoms with Crippen LogP contribution in [0.15, 0.2) is 71.6 Å². The molecule has 176 valence electrons. The van der Waals surface area contributed by atoms with Crippen LogP contribution in [0.2, 0.25) is 0 Å². The largest absolute Gasteiger partial charge is 0.497 e. The van der Waals surface area contributed by atoms with Crippen molar-refractivity contribution in [2.24, 2.45) is 0 Å². The van der Waals surface area contributed by atoms with Gasteiger partial charge in [-0.05, 0) is 84.7 Å². The van der Waals surface area contributed by atoms with Crippen molar-refractivity contribution in [3.8, 4) is 5.75 Å². The zero-order chi connectivity index (χ0) is 23.7. The monoisotopic (exact) mass is 476 g/mol. The van der Waals surface area contributed by atoms with Gasteiger partial charge < -0.3 is 10.1 Å². The van der Waals surface area contributed by atoms with Gasteiger partial charge in [0.05, 0.1) is 12.0 Å². The van der Waals surface area contributed by atoms with E-state index in [0.29, 0.717) is 12.2 Å². The normalized spacial score (nSPS) is 18.0. The molecule has 34 heavy (non-hydrogen) atoms. The van der Waals surface area contributed by atoms with Gasteiger partial charge in [-0.2, -0.15) is 4.31 Å². The fourth-order valence-corrected chi connectivity index (χ4v) is 6.54. The van der Waals surface area contributed by atoms with Gasteiger partial charge in [0.15, 0.2) is 0 Å². The van der Waals surface area contributed by atoms with Crippen LogP contribution in [0, 0.1) is 0 Å². The zero-order valence-corrected chi connectivity index (χ0v) is 20.0. The lowest BCUT2D eigenvalue weighted by atomic mass is 9.90. The summed E-state index contributed by atoms with van der Waals surface area (Å²) in [7, 11) is -2.38. The summed E-state index contributed by atoms with van der Waals surface area (Å²) in [5, 5.41) is 3.08. The topological polar surface area (TPSA) is 75.7 Å². The highest BCUT2D eigenvalue weighted by molar-refractivity contribution is 7.89. The molecule has 7 heteroatoms. The van der Waals surface area contributed by atoms with E-state index in [1.807, 2.05) is 36.4 Å². The standard InChI is InChI=1S/C27H28N2O4S/c1-33-22-13-15-23(16-14-22)34(31,32)29-18-21-9-3-2-8-20(21)17-26(29)27(30)28-25-12-6-10-19-7-4-5-11-24(19)25/h2-3,6,8-10,12-16,26H,4-5,7,11,17-18H2,1H3,(H,28,30). The van der Waals surface area contributed by atoms with Crippen LogP contribution in [0.1, 0.15) is 35.1 Å². The predicted octanol–water partition coefficient (Wildman–Crippen LogP) is 4.33. The molecule has 2 aliphatic rings. The molecule has 0 aromatic heterocycles. The molecule has 6 nitrogen and oxygen atoms in total. The van der Waals surface area contributed by atoms with E-state index in [-0.39, 0.29) is 17.3 Å². The van der Waals surface area contributed by atoms with Crippen LogP contribution in [0.25, 0.3) is 0 Å². The van der Waals surface area contributed by atoms with Gasteiger partial charge in [-0.3, -0.25) is 4.79 Å². The number of fused-ring (bicyclic) bond motifs is 2. The number of sulfonamides is 1. The SMILES string of the molecule is COc1ccc(S(=O)(=O)N2Cc3ccccc3CC2C(=O)Nc2cccc3c2CCCC3)cc1. The summed E-state index contributed by atoms with van der Waals surface area (Å²) < 4.78 is 33.9. The number of nitrogens with one attached hydrogen (secondary N) is 1. The fraction of sp³-hybridized carbons (Fsp3) is 0.296. The smallest absolute Gasteiger partial charge is 0.244 e. The maximum atomic E-state index is 13.7. The maximum Gasteiger partial charge on any atom is 0.244 e. The number of carbonyl (C=O) groups is 1. The fourth-order valence-electron chi connectivity index (χ4n) is 4.97. The van der Waals surface area contributed by atoms with Gasteiger partial charge in [0.25, 0.3) is 0 Å². The minimum Gasteiger partial charge on any atom is -0.497 e. The van der Waals surface area contributed by atoms with E-state index in [0.717, 1.165) is 42.5 Å². The Labute approximate surface area is 200 Å². The minimum absolute atomic E-state index is 0.141. The second-order valence-electron chi connectivity index (χ2n) is 8.85. The van der Waals surface area contributed by atoms with E-state index in [2.05, 4.69) is 11.4 Å². The average molecular weight is 477 g/mol. The van der Waals surface area contributed by atoms with Gasteiger partial charge in [0, 0.05) is 12.2 Å². The van der Waals surface area contributed by atoms with Gasteiger partial charge in [0.2, 0.25) is 15.9 Å². The van der Waals surface area contributed by atoms with Gasteiger partial charge in [-0.1, -0.05) is 36.4 Å². The van der Waals surface area contributed by atoms with Gasteiger partial charge in [0.1, 0.15) is 11.8 Å². The number of hydrogen-bond acceptors (Lipinski definition) is 4. The molecule has 0 radical (unpaired) electrons. The van der Waals surface area contributed by atoms with Crippen molar-refractivity contribution in [2.45, 2.75) is 49.6 Å². The number of benzene rings is 3. The molecule has 1 atom stereocenters. The molecular formula is C27H28N2O4S. The van der Waals surface area contributed by atoms with Crippen LogP contribution in [-0.2, 0) is 40.6 Å². The summed E-state index contributed by atoms with van der Waals surface area (Å²) in [5.41, 5.74) is 5.14. The first kappa shape index (κ1) is 22.6. The van der Waals surface area contributed by atoms with Crippen LogP contribution in [0.4, 0.5) is 5.69 Å². The number of nitrogens with zero attached hydrogens (tertiary/aromatic N) is 1. The average Bonchev–Trinajstić information content (AvgIpc) is 2.88. The van der Waals surface area contributed by atoms with Crippen molar-refractivity contribution in [2.75, 3.05) is 12.4 Å². The lowest BCUT2D eigenvalue weighted by molar-refractivity contribution is -0.120. The summed E-state index contributed by atoms with van der Waals surface area (Å²) >= 11 is 0. The van der Waals surface area contributed by atoms with E-state index in [1.54, 1.807) is 12.1 Å². The lowest BCUT2D eigenvalue weighted by Crippen LogP contribution is -2.50. The number of carbonyl (C=O) groups excluding carboxylic acids is 1. The Hall–Kier alpha value is -3.16. The Kier molecular flexibility index (Phi) is 6.15. The second-order valence-corrected chi connectivity index (χ2v) is 10.7. The van der Waals surface area contributed by atoms with Crippen molar-refractivity contribution in [3.63, 3.8) is 0 Å². The molecule has 5 rings (SSSR count). The summed E-state index contributed by atoms with van der Waals surface area (Å²) in [5.74, 6) is 0.275. The number of aryl methyl sites for hydroxylation is 1. The van der Waals surface area contributed by atoms with E-state index in [4.69, 9.17) is 4.74 Å². The van der Waals surface area contributed by atoms with E-state index >= 15 is 0 Å². The zero-order valence-electron chi connectivity index (χ0n) is 19.2. The Morgan fingerprint density at radius 3 is 2.38 bits per heavy atom. The molecule has 0 saturated heterocycles. The highest BCUT2D eigenvalue weighted by Crippen LogP contribution is 2.32. The van der Waals surface area contributed by atoms with Crippen molar-refractivity contribution in [1.29, 1.82) is 0 Å². The summed E-state index contributed by atoms with van der Waals surface area (Å²) in [6, 6.07) is 19.2. The summed E-state index contributed by atoms with van der Waals surface area (Å²) in [6.07, 6.45) is 4.50. The number of amides is 1. The Morgan fingerprint density at radius 2 is 1.62 bits per heavy atom. The maximum absolute atomic E-state index is 13.7. The predicted molar refractivity (Wildman–Crippen MR) is 131 cm³/mol.